The van der Waals surface area contributed by atoms with E-state index in [1.54, 1.807) is 6.20 Å². The summed E-state index contributed by atoms with van der Waals surface area (Å²) in [6, 6.07) is 14.8. The lowest BCUT2D eigenvalue weighted by Gasteiger charge is -2.35. The average molecular weight is 380 g/mol. The van der Waals surface area contributed by atoms with Gasteiger partial charge < -0.3 is 15.5 Å². The van der Waals surface area contributed by atoms with E-state index in [4.69, 9.17) is 0 Å². The number of carbonyl (C=O) groups is 1. The zero-order valence-corrected chi connectivity index (χ0v) is 16.3. The van der Waals surface area contributed by atoms with Crippen LogP contribution in [-0.2, 0) is 4.79 Å². The molecule has 2 atom stereocenters. The largest absolute Gasteiger partial charge is 0.371 e. The van der Waals surface area contributed by atoms with E-state index < -0.39 is 0 Å². The highest BCUT2D eigenvalue weighted by Gasteiger charge is 2.27. The molecule has 0 radical (unpaired) electrons. The van der Waals surface area contributed by atoms with Crippen molar-refractivity contribution in [1.82, 2.24) is 20.5 Å². The summed E-state index contributed by atoms with van der Waals surface area (Å²) in [5, 5.41) is 6.60. The van der Waals surface area contributed by atoms with E-state index in [1.165, 1.54) is 5.69 Å². The van der Waals surface area contributed by atoms with Gasteiger partial charge in [-0.2, -0.15) is 0 Å². The number of hydrogen-bond acceptors (Lipinski definition) is 5. The fourth-order valence-corrected chi connectivity index (χ4v) is 4.21. The van der Waals surface area contributed by atoms with E-state index >= 15 is 0 Å². The van der Waals surface area contributed by atoms with Crippen LogP contribution in [0.5, 0.6) is 0 Å². The molecule has 6 nitrogen and oxygen atoms in total. The smallest absolute Gasteiger partial charge is 0.234 e. The third-order valence-electron chi connectivity index (χ3n) is 5.77. The molecular formula is C22H29N5O. The number of nitrogens with zero attached hydrogens (tertiary/aromatic N) is 3. The van der Waals surface area contributed by atoms with Crippen LogP contribution in [0.15, 0.2) is 54.9 Å². The Labute approximate surface area is 166 Å². The van der Waals surface area contributed by atoms with Crippen molar-refractivity contribution in [2.24, 2.45) is 5.92 Å². The van der Waals surface area contributed by atoms with Crippen molar-refractivity contribution < 1.29 is 4.79 Å². The van der Waals surface area contributed by atoms with Crippen molar-refractivity contribution in [2.45, 2.75) is 12.5 Å². The Hall–Kier alpha value is -2.44. The zero-order chi connectivity index (χ0) is 19.2. The van der Waals surface area contributed by atoms with Crippen molar-refractivity contribution in [1.29, 1.82) is 0 Å². The lowest BCUT2D eigenvalue weighted by molar-refractivity contribution is -0.123. The second-order valence-electron chi connectivity index (χ2n) is 7.72. The van der Waals surface area contributed by atoms with Crippen molar-refractivity contribution in [3.63, 3.8) is 0 Å². The molecule has 28 heavy (non-hydrogen) atoms. The minimum Gasteiger partial charge on any atom is -0.371 e. The van der Waals surface area contributed by atoms with Crippen LogP contribution in [0.4, 0.5) is 5.69 Å². The quantitative estimate of drug-likeness (QED) is 0.800. The molecule has 0 saturated carbocycles. The van der Waals surface area contributed by atoms with Gasteiger partial charge in [0.15, 0.2) is 0 Å². The third-order valence-corrected chi connectivity index (χ3v) is 5.77. The van der Waals surface area contributed by atoms with Crippen molar-refractivity contribution in [3.8, 4) is 0 Å². The van der Waals surface area contributed by atoms with Crippen molar-refractivity contribution >= 4 is 11.6 Å². The summed E-state index contributed by atoms with van der Waals surface area (Å²) in [5.41, 5.74) is 2.44. The van der Waals surface area contributed by atoms with Gasteiger partial charge in [0.1, 0.15) is 0 Å². The van der Waals surface area contributed by atoms with Gasteiger partial charge in [-0.15, -0.1) is 0 Å². The Morgan fingerprint density at radius 3 is 2.89 bits per heavy atom. The Bertz CT molecular complexity index is 754. The first-order valence-electron chi connectivity index (χ1n) is 10.2. The van der Waals surface area contributed by atoms with Gasteiger partial charge in [0, 0.05) is 63.4 Å². The summed E-state index contributed by atoms with van der Waals surface area (Å²) in [6.07, 6.45) is 4.82. The molecule has 1 aromatic heterocycles. The highest BCUT2D eigenvalue weighted by molar-refractivity contribution is 5.78. The summed E-state index contributed by atoms with van der Waals surface area (Å²) in [4.78, 5) is 21.5. The second kappa shape index (κ2) is 9.17. The minimum absolute atomic E-state index is 0.119. The predicted octanol–water partition coefficient (Wildman–Crippen LogP) is 1.67. The minimum atomic E-state index is 0.119. The number of nitrogens with one attached hydrogen (secondary N) is 2. The van der Waals surface area contributed by atoms with Gasteiger partial charge in [-0.1, -0.05) is 24.3 Å². The summed E-state index contributed by atoms with van der Waals surface area (Å²) >= 11 is 0. The van der Waals surface area contributed by atoms with Gasteiger partial charge in [0.2, 0.25) is 5.91 Å². The molecule has 2 aliphatic rings. The first-order valence-corrected chi connectivity index (χ1v) is 10.2. The maximum atomic E-state index is 12.6. The molecule has 3 heterocycles. The molecule has 1 amide bonds. The summed E-state index contributed by atoms with van der Waals surface area (Å²) in [6.45, 7) is 5.91. The first-order chi connectivity index (χ1) is 13.8. The number of rotatable bonds is 6. The number of carbonyl (C=O) groups excluding carboxylic acids is 1. The molecule has 2 unspecified atom stereocenters. The van der Waals surface area contributed by atoms with E-state index in [9.17, 15) is 4.79 Å². The fourth-order valence-electron chi connectivity index (χ4n) is 4.21. The van der Waals surface area contributed by atoms with Crippen LogP contribution in [0, 0.1) is 5.92 Å². The lowest BCUT2D eigenvalue weighted by Crippen LogP contribution is -2.50. The molecular weight excluding hydrogens is 350 g/mol. The van der Waals surface area contributed by atoms with Crippen LogP contribution < -0.4 is 15.5 Å². The van der Waals surface area contributed by atoms with Gasteiger partial charge in [0.25, 0.3) is 0 Å². The van der Waals surface area contributed by atoms with E-state index in [-0.39, 0.29) is 11.9 Å². The van der Waals surface area contributed by atoms with Gasteiger partial charge in [-0.05, 0) is 36.1 Å². The van der Waals surface area contributed by atoms with Crippen LogP contribution in [-0.4, -0.2) is 61.6 Å². The second-order valence-corrected chi connectivity index (χ2v) is 7.72. The first kappa shape index (κ1) is 18.9. The standard InChI is InChI=1S/C22H29N5O/c28-22(17-27-12-10-24-15-21(27)19-5-4-9-23-14-19)25-13-18-8-11-26(16-18)20-6-2-1-3-7-20/h1-7,9,14,18,21,24H,8,10-13,15-17H2,(H,25,28). The number of hydrogen-bond donors (Lipinski definition) is 2. The van der Waals surface area contributed by atoms with Crippen LogP contribution in [0.3, 0.4) is 0 Å². The summed E-state index contributed by atoms with van der Waals surface area (Å²) < 4.78 is 0. The molecule has 6 heteroatoms. The molecule has 2 aliphatic heterocycles. The average Bonchev–Trinajstić information content (AvgIpc) is 3.23. The van der Waals surface area contributed by atoms with E-state index in [1.807, 2.05) is 18.3 Å². The Kier molecular flexibility index (Phi) is 6.19. The normalized spacial score (nSPS) is 22.9. The topological polar surface area (TPSA) is 60.5 Å². The van der Waals surface area contributed by atoms with Crippen molar-refractivity contribution in [2.75, 3.05) is 50.7 Å². The molecule has 0 spiro atoms. The zero-order valence-electron chi connectivity index (χ0n) is 16.3. The molecule has 4 rings (SSSR count). The molecule has 2 aromatic rings. The van der Waals surface area contributed by atoms with Crippen molar-refractivity contribution in [3.05, 3.63) is 60.4 Å². The number of amides is 1. The van der Waals surface area contributed by atoms with Gasteiger partial charge in [-0.3, -0.25) is 14.7 Å². The Morgan fingerprint density at radius 2 is 2.07 bits per heavy atom. The summed E-state index contributed by atoms with van der Waals surface area (Å²) in [5.74, 6) is 0.634. The van der Waals surface area contributed by atoms with Gasteiger partial charge >= 0.3 is 0 Å². The molecule has 0 aliphatic carbocycles. The summed E-state index contributed by atoms with van der Waals surface area (Å²) in [7, 11) is 0. The van der Waals surface area contributed by atoms with Crippen LogP contribution in [0.25, 0.3) is 0 Å². The molecule has 2 saturated heterocycles. The van der Waals surface area contributed by atoms with E-state index in [2.05, 4.69) is 55.7 Å². The number of aromatic nitrogens is 1. The monoisotopic (exact) mass is 379 g/mol. The highest BCUT2D eigenvalue weighted by atomic mass is 16.2. The molecule has 148 valence electrons. The maximum absolute atomic E-state index is 12.6. The van der Waals surface area contributed by atoms with E-state index in [0.717, 1.165) is 51.3 Å². The van der Waals surface area contributed by atoms with Crippen LogP contribution >= 0.6 is 0 Å². The van der Waals surface area contributed by atoms with E-state index in [0.29, 0.717) is 12.5 Å². The van der Waals surface area contributed by atoms with Crippen LogP contribution in [0.1, 0.15) is 18.0 Å². The molecule has 2 fully saturated rings. The molecule has 2 N–H and O–H groups in total. The predicted molar refractivity (Wildman–Crippen MR) is 111 cm³/mol. The van der Waals surface area contributed by atoms with Gasteiger partial charge in [-0.25, -0.2) is 0 Å². The number of piperazine rings is 1. The Balaban J connectivity index is 1.26. The number of benzene rings is 1. The number of anilines is 1. The SMILES string of the molecule is O=C(CN1CCNCC1c1cccnc1)NCC1CCN(c2ccccc2)C1. The highest BCUT2D eigenvalue weighted by Crippen LogP contribution is 2.23. The van der Waals surface area contributed by atoms with Gasteiger partial charge in [0.05, 0.1) is 6.54 Å². The number of para-hydroxylation sites is 1. The number of pyridine rings is 1. The lowest BCUT2D eigenvalue weighted by atomic mass is 10.1. The van der Waals surface area contributed by atoms with Crippen LogP contribution in [0.2, 0.25) is 0 Å². The third kappa shape index (κ3) is 4.69. The molecule has 0 bridgehead atoms. The Morgan fingerprint density at radius 1 is 1.18 bits per heavy atom. The molecule has 1 aromatic carbocycles. The fraction of sp³-hybridized carbons (Fsp3) is 0.455. The maximum Gasteiger partial charge on any atom is 0.234 e.